The van der Waals surface area contributed by atoms with Crippen LogP contribution in [0, 0.1) is 5.41 Å². The first-order valence-corrected chi connectivity index (χ1v) is 10.1. The average molecular weight is 314 g/mol. The van der Waals surface area contributed by atoms with E-state index in [1.807, 2.05) is 4.90 Å². The molecule has 2 amide bonds. The molecule has 3 fully saturated rings. The van der Waals surface area contributed by atoms with E-state index in [4.69, 9.17) is 0 Å². The maximum atomic E-state index is 12.3. The summed E-state index contributed by atoms with van der Waals surface area (Å²) < 4.78 is 22.9. The minimum atomic E-state index is -2.93. The molecule has 120 valence electrons. The lowest BCUT2D eigenvalue weighted by molar-refractivity contribution is 0.0806. The van der Waals surface area contributed by atoms with Gasteiger partial charge in [-0.05, 0) is 37.5 Å². The van der Waals surface area contributed by atoms with E-state index in [9.17, 15) is 13.2 Å². The molecule has 2 heterocycles. The summed E-state index contributed by atoms with van der Waals surface area (Å²) in [5, 5.41) is 2.90. The number of hydrogen-bond donors (Lipinski definition) is 1. The Morgan fingerprint density at radius 3 is 2.29 bits per heavy atom. The lowest BCUT2D eigenvalue weighted by atomic mass is 9.68. The first kappa shape index (κ1) is 15.1. The van der Waals surface area contributed by atoms with Crippen LogP contribution in [0.4, 0.5) is 4.79 Å². The molecule has 1 spiro atoms. The summed E-state index contributed by atoms with van der Waals surface area (Å²) in [6.45, 7) is 1.65. The SMILES string of the molecule is O=C(NC1CCS(=O)(=O)C1)N1CCC2(CCCCC2)CC1. The van der Waals surface area contributed by atoms with Crippen LogP contribution in [0.25, 0.3) is 0 Å². The van der Waals surface area contributed by atoms with Crippen molar-refractivity contribution in [1.82, 2.24) is 10.2 Å². The highest BCUT2D eigenvalue weighted by molar-refractivity contribution is 7.91. The van der Waals surface area contributed by atoms with Gasteiger partial charge in [0.1, 0.15) is 0 Å². The Balaban J connectivity index is 1.49. The molecule has 0 aromatic heterocycles. The van der Waals surface area contributed by atoms with E-state index in [0.717, 1.165) is 25.9 Å². The van der Waals surface area contributed by atoms with Gasteiger partial charge in [0.15, 0.2) is 9.84 Å². The lowest BCUT2D eigenvalue weighted by Gasteiger charge is -2.44. The summed E-state index contributed by atoms with van der Waals surface area (Å²) in [7, 11) is -2.93. The average Bonchev–Trinajstić information content (AvgIpc) is 2.79. The molecule has 0 aromatic rings. The van der Waals surface area contributed by atoms with Crippen molar-refractivity contribution < 1.29 is 13.2 Å². The fourth-order valence-electron chi connectivity index (χ4n) is 4.16. The lowest BCUT2D eigenvalue weighted by Crippen LogP contribution is -2.50. The molecule has 0 bridgehead atoms. The van der Waals surface area contributed by atoms with Crippen LogP contribution in [0.1, 0.15) is 51.4 Å². The van der Waals surface area contributed by atoms with Crippen LogP contribution in [0.2, 0.25) is 0 Å². The second-order valence-corrected chi connectivity index (χ2v) is 9.33. The van der Waals surface area contributed by atoms with Gasteiger partial charge in [-0.15, -0.1) is 0 Å². The van der Waals surface area contributed by atoms with E-state index in [-0.39, 0.29) is 23.6 Å². The second kappa shape index (κ2) is 5.78. The number of nitrogens with one attached hydrogen (secondary N) is 1. The van der Waals surface area contributed by atoms with Gasteiger partial charge in [-0.3, -0.25) is 0 Å². The number of piperidine rings is 1. The number of urea groups is 1. The zero-order valence-electron chi connectivity index (χ0n) is 12.6. The van der Waals surface area contributed by atoms with Crippen LogP contribution in [0.3, 0.4) is 0 Å². The first-order chi connectivity index (χ1) is 9.98. The minimum absolute atomic E-state index is 0.0669. The molecule has 2 aliphatic heterocycles. The summed E-state index contributed by atoms with van der Waals surface area (Å²) in [5.41, 5.74) is 0.492. The van der Waals surface area contributed by atoms with Crippen LogP contribution < -0.4 is 5.32 Å². The molecule has 0 radical (unpaired) electrons. The Labute approximate surface area is 127 Å². The molecule has 3 aliphatic rings. The number of sulfone groups is 1. The van der Waals surface area contributed by atoms with Crippen molar-refractivity contribution in [2.75, 3.05) is 24.6 Å². The normalized spacial score (nSPS) is 31.2. The predicted octanol–water partition coefficient (Wildman–Crippen LogP) is 1.93. The van der Waals surface area contributed by atoms with Gasteiger partial charge < -0.3 is 10.2 Å². The Kier molecular flexibility index (Phi) is 4.17. The minimum Gasteiger partial charge on any atom is -0.334 e. The molecule has 2 saturated heterocycles. The zero-order valence-corrected chi connectivity index (χ0v) is 13.5. The molecule has 1 aliphatic carbocycles. The number of rotatable bonds is 1. The molecule has 0 aromatic carbocycles. The van der Waals surface area contributed by atoms with Gasteiger partial charge in [0, 0.05) is 19.1 Å². The molecular formula is C15H26N2O3S. The van der Waals surface area contributed by atoms with Gasteiger partial charge >= 0.3 is 6.03 Å². The summed E-state index contributed by atoms with van der Waals surface area (Å²) in [5.74, 6) is 0.317. The van der Waals surface area contributed by atoms with Gasteiger partial charge in [0.25, 0.3) is 0 Å². The number of hydrogen-bond acceptors (Lipinski definition) is 3. The highest BCUT2D eigenvalue weighted by Crippen LogP contribution is 2.44. The van der Waals surface area contributed by atoms with E-state index in [0.29, 0.717) is 11.8 Å². The molecule has 6 heteroatoms. The van der Waals surface area contributed by atoms with Gasteiger partial charge in [0.05, 0.1) is 11.5 Å². The monoisotopic (exact) mass is 314 g/mol. The molecule has 3 rings (SSSR count). The Morgan fingerprint density at radius 2 is 1.71 bits per heavy atom. The van der Waals surface area contributed by atoms with Crippen LogP contribution in [0.15, 0.2) is 0 Å². The Bertz CT molecular complexity index is 487. The fourth-order valence-corrected chi connectivity index (χ4v) is 5.83. The van der Waals surface area contributed by atoms with E-state index < -0.39 is 9.84 Å². The molecule has 1 N–H and O–H groups in total. The number of likely N-dealkylation sites (tertiary alicyclic amines) is 1. The van der Waals surface area contributed by atoms with Gasteiger partial charge in [-0.2, -0.15) is 0 Å². The molecular weight excluding hydrogens is 288 g/mol. The third kappa shape index (κ3) is 3.52. The summed E-state index contributed by atoms with van der Waals surface area (Å²) in [6.07, 6.45) is 9.48. The largest absolute Gasteiger partial charge is 0.334 e. The van der Waals surface area contributed by atoms with Crippen molar-refractivity contribution in [3.05, 3.63) is 0 Å². The Morgan fingerprint density at radius 1 is 1.05 bits per heavy atom. The van der Waals surface area contributed by atoms with E-state index in [1.165, 1.54) is 32.1 Å². The number of carbonyl (C=O) groups is 1. The molecule has 1 unspecified atom stereocenters. The van der Waals surface area contributed by atoms with Crippen LogP contribution in [0.5, 0.6) is 0 Å². The van der Waals surface area contributed by atoms with Gasteiger partial charge in [-0.25, -0.2) is 13.2 Å². The van der Waals surface area contributed by atoms with E-state index in [2.05, 4.69) is 5.32 Å². The van der Waals surface area contributed by atoms with Gasteiger partial charge in [-0.1, -0.05) is 19.3 Å². The number of nitrogens with zero attached hydrogens (tertiary/aromatic N) is 1. The van der Waals surface area contributed by atoms with Crippen molar-refractivity contribution >= 4 is 15.9 Å². The highest BCUT2D eigenvalue weighted by atomic mass is 32.2. The summed E-state index contributed by atoms with van der Waals surface area (Å²) in [6, 6.07) is -0.254. The molecule has 1 atom stereocenters. The topological polar surface area (TPSA) is 66.5 Å². The third-order valence-electron chi connectivity index (χ3n) is 5.59. The van der Waals surface area contributed by atoms with E-state index >= 15 is 0 Å². The van der Waals surface area contributed by atoms with Crippen molar-refractivity contribution in [3.63, 3.8) is 0 Å². The van der Waals surface area contributed by atoms with Crippen LogP contribution in [-0.4, -0.2) is 50.0 Å². The highest BCUT2D eigenvalue weighted by Gasteiger charge is 2.37. The van der Waals surface area contributed by atoms with E-state index in [1.54, 1.807) is 0 Å². The maximum Gasteiger partial charge on any atom is 0.317 e. The van der Waals surface area contributed by atoms with Crippen molar-refractivity contribution in [2.24, 2.45) is 5.41 Å². The number of amides is 2. The third-order valence-corrected chi connectivity index (χ3v) is 7.35. The smallest absolute Gasteiger partial charge is 0.317 e. The Hall–Kier alpha value is -0.780. The summed E-state index contributed by atoms with van der Waals surface area (Å²) >= 11 is 0. The number of carbonyl (C=O) groups excluding carboxylic acids is 1. The van der Waals surface area contributed by atoms with Crippen molar-refractivity contribution in [2.45, 2.75) is 57.4 Å². The zero-order chi connectivity index (χ0) is 14.9. The first-order valence-electron chi connectivity index (χ1n) is 8.24. The fraction of sp³-hybridized carbons (Fsp3) is 0.933. The second-order valence-electron chi connectivity index (χ2n) is 7.10. The predicted molar refractivity (Wildman–Crippen MR) is 81.9 cm³/mol. The van der Waals surface area contributed by atoms with Crippen LogP contribution >= 0.6 is 0 Å². The van der Waals surface area contributed by atoms with Crippen molar-refractivity contribution in [1.29, 1.82) is 0 Å². The molecule has 21 heavy (non-hydrogen) atoms. The van der Waals surface area contributed by atoms with Crippen molar-refractivity contribution in [3.8, 4) is 0 Å². The standard InChI is InChI=1S/C15H26N2O3S/c18-14(16-13-4-11-21(19,20)12-13)17-9-7-15(8-10-17)5-2-1-3-6-15/h13H,1-12H2,(H,16,18). The maximum absolute atomic E-state index is 12.3. The molecule has 1 saturated carbocycles. The van der Waals surface area contributed by atoms with Crippen LogP contribution in [-0.2, 0) is 9.84 Å². The molecule has 5 nitrogen and oxygen atoms in total. The van der Waals surface area contributed by atoms with Gasteiger partial charge in [0.2, 0.25) is 0 Å². The summed E-state index contributed by atoms with van der Waals surface area (Å²) in [4.78, 5) is 14.1. The quantitative estimate of drug-likeness (QED) is 0.804.